The van der Waals surface area contributed by atoms with Crippen molar-refractivity contribution in [3.05, 3.63) is 0 Å². The summed E-state index contributed by atoms with van der Waals surface area (Å²) in [5.74, 6) is 1.55. The molecule has 106 valence electrons. The molecule has 1 saturated heterocycles. The van der Waals surface area contributed by atoms with Crippen molar-refractivity contribution in [2.24, 2.45) is 16.3 Å². The zero-order chi connectivity index (χ0) is 12.6. The van der Waals surface area contributed by atoms with Crippen LogP contribution in [0.15, 0.2) is 4.99 Å². The summed E-state index contributed by atoms with van der Waals surface area (Å²) in [5.41, 5.74) is 0.204. The van der Waals surface area contributed by atoms with Gasteiger partial charge in [0.15, 0.2) is 5.96 Å². The van der Waals surface area contributed by atoms with Gasteiger partial charge in [-0.05, 0) is 20.3 Å². The highest BCUT2D eigenvalue weighted by Gasteiger charge is 2.59. The van der Waals surface area contributed by atoms with Crippen LogP contribution in [0.4, 0.5) is 0 Å². The first kappa shape index (κ1) is 16.0. The van der Waals surface area contributed by atoms with E-state index in [2.05, 4.69) is 43.3 Å². The van der Waals surface area contributed by atoms with Crippen LogP contribution in [0.1, 0.15) is 34.1 Å². The van der Waals surface area contributed by atoms with Gasteiger partial charge >= 0.3 is 0 Å². The van der Waals surface area contributed by atoms with E-state index in [1.54, 1.807) is 0 Å². The normalized spacial score (nSPS) is 33.4. The van der Waals surface area contributed by atoms with Crippen molar-refractivity contribution in [3.8, 4) is 0 Å². The highest BCUT2D eigenvalue weighted by molar-refractivity contribution is 14.0. The molecule has 2 N–H and O–H groups in total. The number of guanidine groups is 1. The second-order valence-corrected chi connectivity index (χ2v) is 6.06. The van der Waals surface area contributed by atoms with Gasteiger partial charge in [0, 0.05) is 37.1 Å². The Kier molecular flexibility index (Phi) is 5.29. The van der Waals surface area contributed by atoms with Crippen LogP contribution in [0.5, 0.6) is 0 Å². The van der Waals surface area contributed by atoms with Crippen LogP contribution in [-0.2, 0) is 4.74 Å². The Morgan fingerprint density at radius 1 is 1.39 bits per heavy atom. The monoisotopic (exact) mass is 367 g/mol. The molecule has 5 heteroatoms. The Balaban J connectivity index is 0.00000162. The third kappa shape index (κ3) is 2.76. The van der Waals surface area contributed by atoms with Crippen LogP contribution >= 0.6 is 24.0 Å². The summed E-state index contributed by atoms with van der Waals surface area (Å²) in [6.45, 7) is 9.72. The van der Waals surface area contributed by atoms with Crippen molar-refractivity contribution in [2.45, 2.75) is 52.3 Å². The van der Waals surface area contributed by atoms with E-state index in [0.717, 1.165) is 12.6 Å². The molecule has 1 aliphatic heterocycles. The molecule has 0 aromatic rings. The number of aliphatic imine (C=N–C) groups is 1. The lowest BCUT2D eigenvalue weighted by Gasteiger charge is -2.55. The smallest absolute Gasteiger partial charge is 0.191 e. The first-order valence-electron chi connectivity index (χ1n) is 6.58. The second kappa shape index (κ2) is 5.94. The number of ether oxygens (including phenoxy) is 1. The average molecular weight is 367 g/mol. The molecular weight excluding hydrogens is 341 g/mol. The molecule has 3 atom stereocenters. The SMILES string of the molecule is CN=C(NC(C)C)NC1C2CCOC2C1(C)C.I. The van der Waals surface area contributed by atoms with Gasteiger partial charge in [0.1, 0.15) is 0 Å². The second-order valence-electron chi connectivity index (χ2n) is 6.06. The fraction of sp³-hybridized carbons (Fsp3) is 0.923. The molecule has 0 amide bonds. The van der Waals surface area contributed by atoms with E-state index in [4.69, 9.17) is 4.74 Å². The van der Waals surface area contributed by atoms with Crippen LogP contribution < -0.4 is 10.6 Å². The summed E-state index contributed by atoms with van der Waals surface area (Å²) in [5, 5.41) is 6.90. The fourth-order valence-electron chi connectivity index (χ4n) is 3.21. The van der Waals surface area contributed by atoms with Gasteiger partial charge in [-0.3, -0.25) is 4.99 Å². The first-order chi connectivity index (χ1) is 7.96. The van der Waals surface area contributed by atoms with Crippen LogP contribution in [-0.4, -0.2) is 37.8 Å². The van der Waals surface area contributed by atoms with Gasteiger partial charge in [0.25, 0.3) is 0 Å². The number of hydrogen-bond acceptors (Lipinski definition) is 2. The zero-order valence-corrected chi connectivity index (χ0v) is 14.3. The van der Waals surface area contributed by atoms with Crippen molar-refractivity contribution < 1.29 is 4.74 Å². The largest absolute Gasteiger partial charge is 0.377 e. The molecule has 2 rings (SSSR count). The predicted octanol–water partition coefficient (Wildman–Crippen LogP) is 1.99. The molecule has 2 fully saturated rings. The molecule has 0 bridgehead atoms. The van der Waals surface area contributed by atoms with E-state index in [1.165, 1.54) is 6.42 Å². The minimum Gasteiger partial charge on any atom is -0.377 e. The minimum atomic E-state index is 0. The maximum atomic E-state index is 5.79. The molecule has 0 spiro atoms. The van der Waals surface area contributed by atoms with Crippen molar-refractivity contribution in [1.29, 1.82) is 0 Å². The Morgan fingerprint density at radius 2 is 2.06 bits per heavy atom. The van der Waals surface area contributed by atoms with E-state index < -0.39 is 0 Å². The van der Waals surface area contributed by atoms with Crippen LogP contribution in [0.2, 0.25) is 0 Å². The highest BCUT2D eigenvalue weighted by atomic mass is 127. The van der Waals surface area contributed by atoms with Crippen molar-refractivity contribution in [1.82, 2.24) is 10.6 Å². The lowest BCUT2D eigenvalue weighted by Crippen LogP contribution is -2.68. The average Bonchev–Trinajstić information content (AvgIpc) is 2.69. The topological polar surface area (TPSA) is 45.7 Å². The summed E-state index contributed by atoms with van der Waals surface area (Å²) < 4.78 is 5.79. The Labute approximate surface area is 127 Å². The Morgan fingerprint density at radius 3 is 2.61 bits per heavy atom. The summed E-state index contributed by atoms with van der Waals surface area (Å²) in [7, 11) is 1.83. The molecular formula is C13H26IN3O. The van der Waals surface area contributed by atoms with Gasteiger partial charge < -0.3 is 15.4 Å². The standard InChI is InChI=1S/C13H25N3O.HI/c1-8(2)15-12(14-5)16-10-9-6-7-17-11(9)13(10,3)4;/h8-11H,6-7H2,1-5H3,(H2,14,15,16);1H. The quantitative estimate of drug-likeness (QED) is 0.446. The molecule has 0 radical (unpaired) electrons. The third-order valence-electron chi connectivity index (χ3n) is 4.04. The molecule has 18 heavy (non-hydrogen) atoms. The number of hydrogen-bond donors (Lipinski definition) is 2. The summed E-state index contributed by atoms with van der Waals surface area (Å²) in [4.78, 5) is 4.28. The third-order valence-corrected chi connectivity index (χ3v) is 4.04. The molecule has 0 aromatic carbocycles. The maximum absolute atomic E-state index is 5.79. The van der Waals surface area contributed by atoms with Crippen molar-refractivity contribution in [3.63, 3.8) is 0 Å². The van der Waals surface area contributed by atoms with Crippen LogP contribution in [0, 0.1) is 11.3 Å². The number of nitrogens with one attached hydrogen (secondary N) is 2. The summed E-state index contributed by atoms with van der Waals surface area (Å²) in [6, 6.07) is 0.875. The molecule has 2 aliphatic rings. The van der Waals surface area contributed by atoms with Gasteiger partial charge in [-0.1, -0.05) is 13.8 Å². The number of nitrogens with zero attached hydrogens (tertiary/aromatic N) is 1. The molecule has 1 saturated carbocycles. The molecule has 0 aromatic heterocycles. The predicted molar refractivity (Wildman–Crippen MR) is 85.6 cm³/mol. The van der Waals surface area contributed by atoms with Crippen molar-refractivity contribution in [2.75, 3.05) is 13.7 Å². The van der Waals surface area contributed by atoms with Crippen LogP contribution in [0.3, 0.4) is 0 Å². The van der Waals surface area contributed by atoms with Gasteiger partial charge in [0.2, 0.25) is 0 Å². The zero-order valence-electron chi connectivity index (χ0n) is 12.0. The van der Waals surface area contributed by atoms with E-state index in [1.807, 2.05) is 7.05 Å². The lowest BCUT2D eigenvalue weighted by molar-refractivity contribution is -0.106. The van der Waals surface area contributed by atoms with E-state index in [9.17, 15) is 0 Å². The van der Waals surface area contributed by atoms with Gasteiger partial charge in [0.05, 0.1) is 6.10 Å². The molecule has 1 heterocycles. The van der Waals surface area contributed by atoms with Gasteiger partial charge in [-0.2, -0.15) is 0 Å². The van der Waals surface area contributed by atoms with Gasteiger partial charge in [-0.15, -0.1) is 24.0 Å². The highest BCUT2D eigenvalue weighted by Crippen LogP contribution is 2.51. The molecule has 4 nitrogen and oxygen atoms in total. The summed E-state index contributed by atoms with van der Waals surface area (Å²) in [6.07, 6.45) is 1.60. The number of rotatable bonds is 2. The van der Waals surface area contributed by atoms with E-state index in [-0.39, 0.29) is 29.4 Å². The van der Waals surface area contributed by atoms with Gasteiger partial charge in [-0.25, -0.2) is 0 Å². The number of halogens is 1. The first-order valence-corrected chi connectivity index (χ1v) is 6.58. The Hall–Kier alpha value is -0.0400. The number of fused-ring (bicyclic) bond motifs is 1. The van der Waals surface area contributed by atoms with Crippen molar-refractivity contribution >= 4 is 29.9 Å². The maximum Gasteiger partial charge on any atom is 0.191 e. The molecule has 3 unspecified atom stereocenters. The van der Waals surface area contributed by atoms with E-state index >= 15 is 0 Å². The fourth-order valence-corrected chi connectivity index (χ4v) is 3.21. The molecule has 1 aliphatic carbocycles. The lowest BCUT2D eigenvalue weighted by atomic mass is 9.57. The summed E-state index contributed by atoms with van der Waals surface area (Å²) >= 11 is 0. The van der Waals surface area contributed by atoms with Crippen LogP contribution in [0.25, 0.3) is 0 Å². The Bertz CT molecular complexity index is 317. The van der Waals surface area contributed by atoms with E-state index in [0.29, 0.717) is 24.1 Å². The minimum absolute atomic E-state index is 0.